The molecular weight excluding hydrogens is 352 g/mol. The topological polar surface area (TPSA) is 114 Å². The molecule has 0 unspecified atom stereocenters. The Morgan fingerprint density at radius 1 is 1.07 bits per heavy atom. The lowest BCUT2D eigenvalue weighted by molar-refractivity contribution is -0.143. The van der Waals surface area contributed by atoms with Gasteiger partial charge in [-0.3, -0.25) is 14.4 Å². The molecule has 1 aromatic rings. The van der Waals surface area contributed by atoms with Crippen molar-refractivity contribution < 1.29 is 29.0 Å². The van der Waals surface area contributed by atoms with Crippen molar-refractivity contribution in [1.29, 1.82) is 0 Å². The van der Waals surface area contributed by atoms with Gasteiger partial charge in [-0.1, -0.05) is 19.3 Å². The summed E-state index contributed by atoms with van der Waals surface area (Å²) in [6.45, 7) is -0.226. The maximum Gasteiger partial charge on any atom is 0.308 e. The molecule has 1 aliphatic rings. The van der Waals surface area contributed by atoms with Gasteiger partial charge in [-0.05, 0) is 31.0 Å². The van der Waals surface area contributed by atoms with Crippen LogP contribution in [0.4, 0.5) is 0 Å². The predicted octanol–water partition coefficient (Wildman–Crippen LogP) is 1.58. The van der Waals surface area contributed by atoms with Gasteiger partial charge in [-0.2, -0.15) is 0 Å². The lowest BCUT2D eigenvalue weighted by Gasteiger charge is -2.23. The van der Waals surface area contributed by atoms with E-state index in [9.17, 15) is 19.5 Å². The number of carbonyl (C=O) groups excluding carboxylic acids is 2. The molecule has 148 valence electrons. The summed E-state index contributed by atoms with van der Waals surface area (Å²) in [5.74, 6) is -1.39. The van der Waals surface area contributed by atoms with Gasteiger partial charge in [0.2, 0.25) is 5.91 Å². The highest BCUT2D eigenvalue weighted by Gasteiger charge is 2.30. The largest absolute Gasteiger partial charge is 0.493 e. The van der Waals surface area contributed by atoms with Crippen LogP contribution in [0.3, 0.4) is 0 Å². The normalized spacial score (nSPS) is 19.5. The van der Waals surface area contributed by atoms with E-state index in [1.54, 1.807) is 12.1 Å². The minimum Gasteiger partial charge on any atom is -0.493 e. The van der Waals surface area contributed by atoms with E-state index >= 15 is 0 Å². The molecule has 8 nitrogen and oxygen atoms in total. The van der Waals surface area contributed by atoms with Crippen LogP contribution in [-0.2, 0) is 9.59 Å². The van der Waals surface area contributed by atoms with Crippen LogP contribution in [0.15, 0.2) is 18.2 Å². The third-order valence-corrected chi connectivity index (χ3v) is 4.73. The molecule has 0 radical (unpaired) electrons. The highest BCUT2D eigenvalue weighted by Crippen LogP contribution is 2.27. The molecular formula is C19H26N2O6. The van der Waals surface area contributed by atoms with Crippen molar-refractivity contribution in [3.8, 4) is 11.5 Å². The van der Waals surface area contributed by atoms with Crippen LogP contribution in [0.25, 0.3) is 0 Å². The number of methoxy groups -OCH3 is 2. The van der Waals surface area contributed by atoms with Crippen molar-refractivity contribution >= 4 is 17.8 Å². The van der Waals surface area contributed by atoms with Crippen molar-refractivity contribution in [3.05, 3.63) is 23.8 Å². The quantitative estimate of drug-likeness (QED) is 0.621. The highest BCUT2D eigenvalue weighted by atomic mass is 16.5. The zero-order valence-electron chi connectivity index (χ0n) is 15.6. The van der Waals surface area contributed by atoms with Gasteiger partial charge in [0.25, 0.3) is 5.91 Å². The summed E-state index contributed by atoms with van der Waals surface area (Å²) in [5.41, 5.74) is 0.332. The first-order valence-corrected chi connectivity index (χ1v) is 8.98. The van der Waals surface area contributed by atoms with Gasteiger partial charge in [0.1, 0.15) is 0 Å². The SMILES string of the molecule is COc1ccc(C(=O)NCC(=O)N[C@H]2CCCCC[C@H]2C(=O)O)cc1OC. The average Bonchev–Trinajstić information content (AvgIpc) is 2.90. The molecule has 8 heteroatoms. The molecule has 1 aromatic carbocycles. The summed E-state index contributed by atoms with van der Waals surface area (Å²) in [6.07, 6.45) is 3.88. The van der Waals surface area contributed by atoms with Gasteiger partial charge in [0.05, 0.1) is 26.7 Å². The minimum atomic E-state index is -0.892. The summed E-state index contributed by atoms with van der Waals surface area (Å²) in [5, 5.41) is 14.7. The Morgan fingerprint density at radius 2 is 1.78 bits per heavy atom. The number of aliphatic carboxylic acids is 1. The van der Waals surface area contributed by atoms with E-state index in [4.69, 9.17) is 9.47 Å². The van der Waals surface area contributed by atoms with Gasteiger partial charge in [-0.25, -0.2) is 0 Å². The number of ether oxygens (including phenoxy) is 2. The Balaban J connectivity index is 1.92. The third-order valence-electron chi connectivity index (χ3n) is 4.73. The molecule has 2 atom stereocenters. The van der Waals surface area contributed by atoms with Crippen molar-refractivity contribution in [2.24, 2.45) is 5.92 Å². The fourth-order valence-corrected chi connectivity index (χ4v) is 3.27. The molecule has 3 N–H and O–H groups in total. The van der Waals surface area contributed by atoms with Crippen LogP contribution < -0.4 is 20.1 Å². The molecule has 0 aliphatic heterocycles. The first-order chi connectivity index (χ1) is 13.0. The van der Waals surface area contributed by atoms with Gasteiger partial charge in [0.15, 0.2) is 11.5 Å². The molecule has 0 heterocycles. The Hall–Kier alpha value is -2.77. The first-order valence-electron chi connectivity index (χ1n) is 8.98. The Morgan fingerprint density at radius 3 is 2.44 bits per heavy atom. The second-order valence-electron chi connectivity index (χ2n) is 6.51. The number of benzene rings is 1. The number of carboxylic acids is 1. The van der Waals surface area contributed by atoms with Gasteiger partial charge < -0.3 is 25.2 Å². The van der Waals surface area contributed by atoms with E-state index < -0.39 is 29.7 Å². The zero-order valence-corrected chi connectivity index (χ0v) is 15.6. The van der Waals surface area contributed by atoms with E-state index in [2.05, 4.69) is 10.6 Å². The van der Waals surface area contributed by atoms with Gasteiger partial charge in [-0.15, -0.1) is 0 Å². The van der Waals surface area contributed by atoms with Crippen LogP contribution in [0.5, 0.6) is 11.5 Å². The van der Waals surface area contributed by atoms with E-state index in [0.29, 0.717) is 29.9 Å². The third kappa shape index (κ3) is 5.60. The fraction of sp³-hybridized carbons (Fsp3) is 0.526. The minimum absolute atomic E-state index is 0.226. The smallest absolute Gasteiger partial charge is 0.308 e. The van der Waals surface area contributed by atoms with Gasteiger partial charge >= 0.3 is 5.97 Å². The molecule has 2 rings (SSSR count). The lowest BCUT2D eigenvalue weighted by Crippen LogP contribution is -2.46. The second kappa shape index (κ2) is 9.80. The van der Waals surface area contributed by atoms with Crippen LogP contribution in [0.2, 0.25) is 0 Å². The monoisotopic (exact) mass is 378 g/mol. The predicted molar refractivity (Wildman–Crippen MR) is 98.0 cm³/mol. The summed E-state index contributed by atoms with van der Waals surface area (Å²) >= 11 is 0. The van der Waals surface area contributed by atoms with Crippen molar-refractivity contribution in [2.75, 3.05) is 20.8 Å². The van der Waals surface area contributed by atoms with Crippen LogP contribution in [0, 0.1) is 5.92 Å². The Bertz CT molecular complexity index is 691. The second-order valence-corrected chi connectivity index (χ2v) is 6.51. The maximum atomic E-state index is 12.3. The van der Waals surface area contributed by atoms with Crippen molar-refractivity contribution in [2.45, 2.75) is 38.1 Å². The van der Waals surface area contributed by atoms with Crippen molar-refractivity contribution in [1.82, 2.24) is 10.6 Å². The van der Waals surface area contributed by atoms with E-state index in [0.717, 1.165) is 19.3 Å². The molecule has 0 spiro atoms. The molecule has 1 saturated carbocycles. The van der Waals surface area contributed by atoms with Gasteiger partial charge in [0, 0.05) is 11.6 Å². The molecule has 1 aliphatic carbocycles. The number of hydrogen-bond donors (Lipinski definition) is 3. The molecule has 0 saturated heterocycles. The van der Waals surface area contributed by atoms with Crippen LogP contribution in [-0.4, -0.2) is 49.7 Å². The molecule has 1 fully saturated rings. The van der Waals surface area contributed by atoms with Crippen LogP contribution in [0.1, 0.15) is 42.5 Å². The van der Waals surface area contributed by atoms with E-state index in [-0.39, 0.29) is 6.54 Å². The number of carboxylic acid groups (broad SMARTS) is 1. The maximum absolute atomic E-state index is 12.3. The summed E-state index contributed by atoms with van der Waals surface area (Å²) in [4.78, 5) is 35.9. The van der Waals surface area contributed by atoms with E-state index in [1.165, 1.54) is 20.3 Å². The summed E-state index contributed by atoms with van der Waals surface area (Å²) < 4.78 is 10.3. The lowest BCUT2D eigenvalue weighted by atomic mass is 9.95. The standard InChI is InChI=1S/C19H26N2O6/c1-26-15-9-8-12(10-16(15)27-2)18(23)20-11-17(22)21-14-7-5-3-4-6-13(14)19(24)25/h8-10,13-14H,3-7,11H2,1-2H3,(H,20,23)(H,21,22)(H,24,25)/t13-,14+/m1/s1. The number of nitrogens with one attached hydrogen (secondary N) is 2. The zero-order chi connectivity index (χ0) is 19.8. The number of amides is 2. The average molecular weight is 378 g/mol. The fourth-order valence-electron chi connectivity index (χ4n) is 3.27. The molecule has 0 bridgehead atoms. The number of hydrogen-bond acceptors (Lipinski definition) is 5. The highest BCUT2D eigenvalue weighted by molar-refractivity contribution is 5.97. The van der Waals surface area contributed by atoms with Crippen molar-refractivity contribution in [3.63, 3.8) is 0 Å². The molecule has 27 heavy (non-hydrogen) atoms. The summed E-state index contributed by atoms with van der Waals surface area (Å²) in [7, 11) is 2.97. The molecule has 0 aromatic heterocycles. The Kier molecular flexibility index (Phi) is 7.45. The van der Waals surface area contributed by atoms with E-state index in [1.807, 2.05) is 0 Å². The summed E-state index contributed by atoms with van der Waals surface area (Å²) in [6, 6.07) is 4.30. The Labute approximate surface area is 158 Å². The number of rotatable bonds is 7. The molecule has 2 amide bonds. The number of carbonyl (C=O) groups is 3. The van der Waals surface area contributed by atoms with Crippen LogP contribution >= 0.6 is 0 Å². The first kappa shape index (κ1) is 20.5.